The average molecular weight is 513 g/mol. The summed E-state index contributed by atoms with van der Waals surface area (Å²) in [5.74, 6) is 1.78. The lowest BCUT2D eigenvalue weighted by atomic mass is 10.1. The van der Waals surface area contributed by atoms with Crippen molar-refractivity contribution >= 4 is 35.8 Å². The molecule has 0 unspecified atom stereocenters. The maximum atomic E-state index is 11.8. The number of aliphatic imine (C=N–C) groups is 1. The Morgan fingerprint density at radius 2 is 2.00 bits per heavy atom. The van der Waals surface area contributed by atoms with E-state index in [-0.39, 0.29) is 29.9 Å². The molecular weight excluding hydrogens is 477 g/mol. The lowest BCUT2D eigenvalue weighted by Crippen LogP contribution is -2.39. The Hall–Kier alpha value is -1.35. The number of carbonyl (C=O) groups is 1. The van der Waals surface area contributed by atoms with Crippen LogP contribution in [0.4, 0.5) is 0 Å². The third-order valence-corrected chi connectivity index (χ3v) is 5.38. The molecule has 1 aromatic carbocycles. The van der Waals surface area contributed by atoms with E-state index in [4.69, 9.17) is 4.99 Å². The van der Waals surface area contributed by atoms with E-state index in [1.807, 2.05) is 18.2 Å². The molecule has 2 aliphatic rings. The molecule has 1 aromatic rings. The number of rotatable bonds is 11. The van der Waals surface area contributed by atoms with Gasteiger partial charge in [-0.3, -0.25) is 14.7 Å². The minimum atomic E-state index is -0.0453. The Morgan fingerprint density at radius 3 is 2.66 bits per heavy atom. The van der Waals surface area contributed by atoms with Gasteiger partial charge in [0.25, 0.3) is 5.91 Å². The number of hydrogen-bond donors (Lipinski definition) is 3. The highest BCUT2D eigenvalue weighted by molar-refractivity contribution is 14.0. The minimum absolute atomic E-state index is 0. The second kappa shape index (κ2) is 12.4. The smallest absolute Gasteiger partial charge is 0.251 e. The summed E-state index contributed by atoms with van der Waals surface area (Å²) in [6, 6.07) is 8.61. The molecule has 162 valence electrons. The molecule has 6 nitrogen and oxygen atoms in total. The molecule has 0 aromatic heterocycles. The topological polar surface area (TPSA) is 68.8 Å². The van der Waals surface area contributed by atoms with E-state index in [1.165, 1.54) is 32.2 Å². The van der Waals surface area contributed by atoms with E-state index in [9.17, 15) is 4.79 Å². The summed E-state index contributed by atoms with van der Waals surface area (Å²) in [4.78, 5) is 19.2. The van der Waals surface area contributed by atoms with Gasteiger partial charge in [0.15, 0.2) is 5.96 Å². The molecule has 0 bridgehead atoms. The monoisotopic (exact) mass is 513 g/mol. The van der Waals surface area contributed by atoms with Crippen molar-refractivity contribution in [3.8, 4) is 0 Å². The second-order valence-electron chi connectivity index (χ2n) is 7.89. The lowest BCUT2D eigenvalue weighted by molar-refractivity contribution is 0.0963. The van der Waals surface area contributed by atoms with Crippen LogP contribution in [-0.4, -0.2) is 62.6 Å². The fraction of sp³-hybridized carbons (Fsp3) is 0.636. The van der Waals surface area contributed by atoms with Gasteiger partial charge < -0.3 is 16.0 Å². The molecule has 2 aliphatic carbocycles. The number of nitrogens with one attached hydrogen (secondary N) is 3. The van der Waals surface area contributed by atoms with Gasteiger partial charge in [0.2, 0.25) is 0 Å². The molecule has 0 aliphatic heterocycles. The van der Waals surface area contributed by atoms with Crippen LogP contribution in [0.3, 0.4) is 0 Å². The summed E-state index contributed by atoms with van der Waals surface area (Å²) in [6.45, 7) is 6.90. The molecule has 3 rings (SSSR count). The largest absolute Gasteiger partial charge is 0.357 e. The summed E-state index contributed by atoms with van der Waals surface area (Å²) in [5, 5.41) is 9.43. The maximum absolute atomic E-state index is 11.8. The van der Waals surface area contributed by atoms with Crippen LogP contribution in [-0.2, 0) is 6.42 Å². The Labute approximate surface area is 192 Å². The van der Waals surface area contributed by atoms with Gasteiger partial charge in [0.05, 0.1) is 6.54 Å². The molecule has 0 spiro atoms. The quantitative estimate of drug-likeness (QED) is 0.242. The number of guanidine groups is 1. The highest BCUT2D eigenvalue weighted by Crippen LogP contribution is 2.34. The molecule has 1 amide bonds. The number of halogens is 1. The summed E-state index contributed by atoms with van der Waals surface area (Å²) in [7, 11) is 1.66. The summed E-state index contributed by atoms with van der Waals surface area (Å²) < 4.78 is 0. The van der Waals surface area contributed by atoms with Crippen LogP contribution < -0.4 is 16.0 Å². The predicted octanol–water partition coefficient (Wildman–Crippen LogP) is 2.64. The molecule has 2 fully saturated rings. The van der Waals surface area contributed by atoms with Crippen molar-refractivity contribution in [2.75, 3.05) is 39.8 Å². The molecule has 2 saturated carbocycles. The summed E-state index contributed by atoms with van der Waals surface area (Å²) in [6.07, 6.45) is 6.41. The van der Waals surface area contributed by atoms with E-state index in [0.29, 0.717) is 5.56 Å². The summed E-state index contributed by atoms with van der Waals surface area (Å²) in [5.41, 5.74) is 1.85. The van der Waals surface area contributed by atoms with Crippen LogP contribution in [0, 0.1) is 5.92 Å². The first-order chi connectivity index (χ1) is 13.7. The number of amides is 1. The van der Waals surface area contributed by atoms with Crippen molar-refractivity contribution in [1.82, 2.24) is 20.9 Å². The van der Waals surface area contributed by atoms with Crippen LogP contribution >= 0.6 is 24.0 Å². The molecule has 3 N–H and O–H groups in total. The van der Waals surface area contributed by atoms with Gasteiger partial charge in [0, 0.05) is 44.8 Å². The van der Waals surface area contributed by atoms with E-state index in [2.05, 4.69) is 33.8 Å². The Bertz CT molecular complexity index is 673. The van der Waals surface area contributed by atoms with Gasteiger partial charge in [-0.1, -0.05) is 12.1 Å². The van der Waals surface area contributed by atoms with Crippen molar-refractivity contribution < 1.29 is 4.79 Å². The molecule has 0 saturated heterocycles. The predicted molar refractivity (Wildman–Crippen MR) is 130 cm³/mol. The first-order valence-corrected chi connectivity index (χ1v) is 10.8. The van der Waals surface area contributed by atoms with Gasteiger partial charge in [-0.25, -0.2) is 0 Å². The van der Waals surface area contributed by atoms with E-state index >= 15 is 0 Å². The Morgan fingerprint density at radius 1 is 1.21 bits per heavy atom. The fourth-order valence-corrected chi connectivity index (χ4v) is 3.46. The number of nitrogens with zero attached hydrogens (tertiary/aromatic N) is 2. The molecule has 29 heavy (non-hydrogen) atoms. The highest BCUT2D eigenvalue weighted by atomic mass is 127. The standard InChI is InChI=1S/C22H35N5O.HI/c1-3-24-22(26-13-14-27(20-9-10-20)16-18-7-8-18)25-12-11-17-5-4-6-19(15-17)21(28)23-2;/h4-6,15,18,20H,3,7-14,16H2,1-2H3,(H,23,28)(H2,24,25,26);1H. The van der Waals surface area contributed by atoms with Crippen molar-refractivity contribution in [2.24, 2.45) is 10.9 Å². The third kappa shape index (κ3) is 8.50. The number of hydrogen-bond acceptors (Lipinski definition) is 3. The first kappa shape index (κ1) is 23.9. The van der Waals surface area contributed by atoms with Crippen LogP contribution in [0.25, 0.3) is 0 Å². The molecule has 0 radical (unpaired) electrons. The minimum Gasteiger partial charge on any atom is -0.357 e. The lowest BCUT2D eigenvalue weighted by Gasteiger charge is -2.21. The van der Waals surface area contributed by atoms with Gasteiger partial charge in [-0.2, -0.15) is 0 Å². The van der Waals surface area contributed by atoms with Crippen LogP contribution in [0.15, 0.2) is 29.3 Å². The highest BCUT2D eigenvalue weighted by Gasteiger charge is 2.33. The SMILES string of the molecule is CCNC(=NCCN(CC1CC1)C1CC1)NCCc1cccc(C(=O)NC)c1.I. The van der Waals surface area contributed by atoms with Gasteiger partial charge in [0.1, 0.15) is 0 Å². The van der Waals surface area contributed by atoms with Crippen molar-refractivity contribution in [3.05, 3.63) is 35.4 Å². The third-order valence-electron chi connectivity index (χ3n) is 5.38. The van der Waals surface area contributed by atoms with Gasteiger partial charge in [-0.15, -0.1) is 24.0 Å². The summed E-state index contributed by atoms with van der Waals surface area (Å²) >= 11 is 0. The van der Waals surface area contributed by atoms with Crippen molar-refractivity contribution in [2.45, 2.75) is 45.1 Å². The zero-order chi connectivity index (χ0) is 19.8. The molecule has 0 atom stereocenters. The van der Waals surface area contributed by atoms with Crippen LogP contribution in [0.1, 0.15) is 48.5 Å². The molecule has 0 heterocycles. The van der Waals surface area contributed by atoms with Crippen LogP contribution in [0.5, 0.6) is 0 Å². The van der Waals surface area contributed by atoms with Gasteiger partial charge >= 0.3 is 0 Å². The molecule has 7 heteroatoms. The molecular formula is C22H36IN5O. The van der Waals surface area contributed by atoms with Gasteiger partial charge in [-0.05, 0) is 62.6 Å². The van der Waals surface area contributed by atoms with Crippen molar-refractivity contribution in [3.63, 3.8) is 0 Å². The fourth-order valence-electron chi connectivity index (χ4n) is 3.46. The second-order valence-corrected chi connectivity index (χ2v) is 7.89. The zero-order valence-corrected chi connectivity index (χ0v) is 20.1. The van der Waals surface area contributed by atoms with Crippen LogP contribution in [0.2, 0.25) is 0 Å². The van der Waals surface area contributed by atoms with E-state index in [1.54, 1.807) is 7.05 Å². The Kier molecular flexibility index (Phi) is 10.2. The number of carbonyl (C=O) groups excluding carboxylic acids is 1. The Balaban J connectivity index is 0.00000300. The maximum Gasteiger partial charge on any atom is 0.251 e. The van der Waals surface area contributed by atoms with E-state index < -0.39 is 0 Å². The zero-order valence-electron chi connectivity index (χ0n) is 17.7. The average Bonchev–Trinajstić information content (AvgIpc) is 3.61. The van der Waals surface area contributed by atoms with Crippen molar-refractivity contribution in [1.29, 1.82) is 0 Å². The number of benzene rings is 1. The first-order valence-electron chi connectivity index (χ1n) is 10.8. The normalized spacial score (nSPS) is 16.3. The van der Waals surface area contributed by atoms with E-state index in [0.717, 1.165) is 56.1 Å².